The molecule has 0 saturated carbocycles. The van der Waals surface area contributed by atoms with Gasteiger partial charge in [0.2, 0.25) is 0 Å². The van der Waals surface area contributed by atoms with E-state index in [-0.39, 0.29) is 12.4 Å². The number of carbonyl (C=O) groups is 1. The monoisotopic (exact) mass is 311 g/mol. The summed E-state index contributed by atoms with van der Waals surface area (Å²) in [5, 5.41) is 11.9. The fraction of sp³-hybridized carbons (Fsp3) is 0.211. The van der Waals surface area contributed by atoms with Gasteiger partial charge in [-0.05, 0) is 41.5 Å². The Labute approximate surface area is 136 Å². The summed E-state index contributed by atoms with van der Waals surface area (Å²) < 4.78 is 5.08. The second kappa shape index (κ2) is 8.88. The number of rotatable bonds is 8. The quantitative estimate of drug-likeness (QED) is 0.447. The number of hydrogen-bond acceptors (Lipinski definition) is 4. The van der Waals surface area contributed by atoms with Gasteiger partial charge in [-0.25, -0.2) is 0 Å². The third-order valence-electron chi connectivity index (χ3n) is 3.37. The van der Waals surface area contributed by atoms with Gasteiger partial charge in [-0.15, -0.1) is 0 Å². The molecule has 0 radical (unpaired) electrons. The molecule has 0 heterocycles. The molecular weight excluding hydrogens is 290 g/mol. The zero-order chi connectivity index (χ0) is 16.5. The summed E-state index contributed by atoms with van der Waals surface area (Å²) in [6, 6.07) is 15.0. The van der Waals surface area contributed by atoms with Gasteiger partial charge in [0, 0.05) is 18.7 Å². The molecule has 0 spiro atoms. The van der Waals surface area contributed by atoms with Crippen LogP contribution in [0.15, 0.2) is 54.6 Å². The van der Waals surface area contributed by atoms with Crippen molar-refractivity contribution < 1.29 is 14.6 Å². The Morgan fingerprint density at radius 2 is 2.00 bits per heavy atom. The molecule has 120 valence electrons. The Morgan fingerprint density at radius 3 is 2.70 bits per heavy atom. The van der Waals surface area contributed by atoms with Crippen molar-refractivity contribution in [2.45, 2.75) is 6.54 Å². The van der Waals surface area contributed by atoms with Crippen molar-refractivity contribution in [1.29, 1.82) is 0 Å². The first kappa shape index (κ1) is 16.9. The van der Waals surface area contributed by atoms with Crippen LogP contribution in [0.25, 0.3) is 6.08 Å². The van der Waals surface area contributed by atoms with E-state index in [1.165, 1.54) is 0 Å². The minimum atomic E-state index is -0.0449. The van der Waals surface area contributed by atoms with Crippen LogP contribution in [0.2, 0.25) is 0 Å². The van der Waals surface area contributed by atoms with Crippen molar-refractivity contribution >= 4 is 11.9 Å². The first-order valence-corrected chi connectivity index (χ1v) is 7.50. The number of methoxy groups -OCH3 is 1. The van der Waals surface area contributed by atoms with Gasteiger partial charge in [0.05, 0.1) is 13.7 Å². The molecule has 0 atom stereocenters. The van der Waals surface area contributed by atoms with Crippen LogP contribution in [0.5, 0.6) is 5.75 Å². The lowest BCUT2D eigenvalue weighted by atomic mass is 10.1. The molecule has 2 rings (SSSR count). The summed E-state index contributed by atoms with van der Waals surface area (Å²) in [6.07, 6.45) is 3.38. The molecule has 0 bridgehead atoms. The van der Waals surface area contributed by atoms with Crippen LogP contribution in [-0.2, 0) is 6.54 Å². The first-order valence-electron chi connectivity index (χ1n) is 7.50. The molecule has 23 heavy (non-hydrogen) atoms. The lowest BCUT2D eigenvalue weighted by Crippen LogP contribution is -2.17. The molecule has 0 aromatic heterocycles. The summed E-state index contributed by atoms with van der Waals surface area (Å²) in [5.41, 5.74) is 2.70. The highest BCUT2D eigenvalue weighted by Gasteiger charge is 2.02. The minimum Gasteiger partial charge on any atom is -0.497 e. The van der Waals surface area contributed by atoms with E-state index in [1.54, 1.807) is 37.5 Å². The molecule has 0 aliphatic carbocycles. The number of ether oxygens (including phenoxy) is 1. The van der Waals surface area contributed by atoms with Crippen LogP contribution in [-0.4, -0.2) is 31.2 Å². The third kappa shape index (κ3) is 5.36. The summed E-state index contributed by atoms with van der Waals surface area (Å²) in [4.78, 5) is 12.1. The lowest BCUT2D eigenvalue weighted by Gasteiger charge is -2.04. The summed E-state index contributed by atoms with van der Waals surface area (Å²) in [6.45, 7) is 1.38. The van der Waals surface area contributed by atoms with E-state index < -0.39 is 0 Å². The molecule has 2 aromatic rings. The van der Waals surface area contributed by atoms with Gasteiger partial charge in [-0.1, -0.05) is 30.3 Å². The van der Waals surface area contributed by atoms with Gasteiger partial charge in [0.15, 0.2) is 5.78 Å². The zero-order valence-corrected chi connectivity index (χ0v) is 13.2. The van der Waals surface area contributed by atoms with Gasteiger partial charge in [0.25, 0.3) is 0 Å². The highest BCUT2D eigenvalue weighted by Crippen LogP contribution is 2.13. The van der Waals surface area contributed by atoms with Gasteiger partial charge in [0.1, 0.15) is 5.75 Å². The number of aliphatic hydroxyl groups is 1. The highest BCUT2D eigenvalue weighted by molar-refractivity contribution is 6.06. The van der Waals surface area contributed by atoms with Crippen molar-refractivity contribution in [1.82, 2.24) is 5.32 Å². The smallest absolute Gasteiger partial charge is 0.185 e. The van der Waals surface area contributed by atoms with Gasteiger partial charge >= 0.3 is 0 Å². The number of hydrogen-bond donors (Lipinski definition) is 2. The number of allylic oxidation sites excluding steroid dienone is 1. The Balaban J connectivity index is 2.00. The van der Waals surface area contributed by atoms with E-state index >= 15 is 0 Å². The van der Waals surface area contributed by atoms with Gasteiger partial charge in [-0.2, -0.15) is 0 Å². The molecule has 4 heteroatoms. The molecule has 4 nitrogen and oxygen atoms in total. The normalized spacial score (nSPS) is 10.9. The molecule has 0 fully saturated rings. The van der Waals surface area contributed by atoms with Gasteiger partial charge < -0.3 is 15.2 Å². The molecule has 0 unspecified atom stereocenters. The molecule has 0 aliphatic rings. The van der Waals surface area contributed by atoms with Crippen molar-refractivity contribution in [2.24, 2.45) is 0 Å². The van der Waals surface area contributed by atoms with Crippen molar-refractivity contribution in [3.8, 4) is 5.75 Å². The molecule has 2 N–H and O–H groups in total. The maximum Gasteiger partial charge on any atom is 0.185 e. The van der Waals surface area contributed by atoms with Crippen LogP contribution in [0.1, 0.15) is 21.5 Å². The predicted molar refractivity (Wildman–Crippen MR) is 91.6 cm³/mol. The van der Waals surface area contributed by atoms with Crippen LogP contribution >= 0.6 is 0 Å². The van der Waals surface area contributed by atoms with E-state index in [1.807, 2.05) is 30.3 Å². The van der Waals surface area contributed by atoms with Crippen molar-refractivity contribution in [2.75, 3.05) is 20.3 Å². The second-order valence-electron chi connectivity index (χ2n) is 5.07. The lowest BCUT2D eigenvalue weighted by molar-refractivity contribution is 0.104. The number of benzene rings is 2. The van der Waals surface area contributed by atoms with Crippen LogP contribution in [0.3, 0.4) is 0 Å². The summed E-state index contributed by atoms with van der Waals surface area (Å²) in [5.74, 6) is 0.685. The van der Waals surface area contributed by atoms with E-state index in [4.69, 9.17) is 9.84 Å². The van der Waals surface area contributed by atoms with Crippen LogP contribution in [0.4, 0.5) is 0 Å². The predicted octanol–water partition coefficient (Wildman–Crippen LogP) is 2.67. The van der Waals surface area contributed by atoms with E-state index in [0.29, 0.717) is 18.7 Å². The van der Waals surface area contributed by atoms with E-state index in [0.717, 1.165) is 16.9 Å². The molecular formula is C19H21NO3. The second-order valence-corrected chi connectivity index (χ2v) is 5.07. The van der Waals surface area contributed by atoms with Crippen LogP contribution in [0, 0.1) is 0 Å². The maximum absolute atomic E-state index is 12.1. The zero-order valence-electron chi connectivity index (χ0n) is 13.2. The first-order chi connectivity index (χ1) is 11.2. The summed E-state index contributed by atoms with van der Waals surface area (Å²) >= 11 is 0. The van der Waals surface area contributed by atoms with Gasteiger partial charge in [-0.3, -0.25) is 4.79 Å². The number of aliphatic hydroxyl groups excluding tert-OH is 1. The summed E-state index contributed by atoms with van der Waals surface area (Å²) in [7, 11) is 1.60. The Hall–Kier alpha value is -2.43. The Bertz CT molecular complexity index is 663. The standard InChI is InChI=1S/C19H21NO3/c1-23-18-8-6-17(7-9-18)19(22)10-5-15-3-2-4-16(13-15)14-20-11-12-21/h2-10,13,20-21H,11-12,14H2,1H3. The van der Waals surface area contributed by atoms with E-state index in [9.17, 15) is 4.79 Å². The number of ketones is 1. The fourth-order valence-electron chi connectivity index (χ4n) is 2.14. The Kier molecular flexibility index (Phi) is 6.54. The molecule has 2 aromatic carbocycles. The average molecular weight is 311 g/mol. The number of carbonyl (C=O) groups excluding carboxylic acids is 1. The molecule has 0 aliphatic heterocycles. The highest BCUT2D eigenvalue weighted by atomic mass is 16.5. The maximum atomic E-state index is 12.1. The Morgan fingerprint density at radius 1 is 1.22 bits per heavy atom. The SMILES string of the molecule is COc1ccc(C(=O)C=Cc2cccc(CNCCO)c2)cc1. The largest absolute Gasteiger partial charge is 0.497 e. The van der Waals surface area contributed by atoms with Crippen molar-refractivity contribution in [3.63, 3.8) is 0 Å². The fourth-order valence-corrected chi connectivity index (χ4v) is 2.14. The van der Waals surface area contributed by atoms with E-state index in [2.05, 4.69) is 5.32 Å². The topological polar surface area (TPSA) is 58.6 Å². The molecule has 0 saturated heterocycles. The average Bonchev–Trinajstić information content (AvgIpc) is 2.60. The third-order valence-corrected chi connectivity index (χ3v) is 3.37. The molecule has 0 amide bonds. The van der Waals surface area contributed by atoms with Crippen LogP contribution < -0.4 is 10.1 Å². The minimum absolute atomic E-state index is 0.0449. The van der Waals surface area contributed by atoms with Crippen molar-refractivity contribution in [3.05, 3.63) is 71.3 Å². The number of nitrogens with one attached hydrogen (secondary N) is 1.